The van der Waals surface area contributed by atoms with E-state index in [2.05, 4.69) is 26.2 Å². The molecule has 142 valence electrons. The van der Waals surface area contributed by atoms with Crippen LogP contribution >= 0.6 is 11.6 Å². The number of carboxylic acids is 1. The summed E-state index contributed by atoms with van der Waals surface area (Å²) >= 11 is 6.05. The van der Waals surface area contributed by atoms with E-state index >= 15 is 0 Å². The van der Waals surface area contributed by atoms with E-state index in [4.69, 9.17) is 16.7 Å². The van der Waals surface area contributed by atoms with Crippen molar-refractivity contribution >= 4 is 29.3 Å². The summed E-state index contributed by atoms with van der Waals surface area (Å²) in [6.45, 7) is 3.54. The van der Waals surface area contributed by atoms with Gasteiger partial charge in [0.2, 0.25) is 0 Å². The van der Waals surface area contributed by atoms with E-state index in [9.17, 15) is 9.59 Å². The molecule has 2 aromatic rings. The number of anilines is 1. The lowest BCUT2D eigenvalue weighted by Crippen LogP contribution is -2.47. The summed E-state index contributed by atoms with van der Waals surface area (Å²) < 4.78 is 0. The maximum atomic E-state index is 12.3. The standard InChI is InChI=1S/C19H21ClN4O3/c20-15-4-1-3-14(11-15)13-23-7-9-24(10-8-23)18-16(5-2-6-21-18)19(27)22-12-17(25)26/h1-6,11H,7-10,12-13H2,(H,22,27)(H,25,26). The first-order chi connectivity index (χ1) is 13.0. The lowest BCUT2D eigenvalue weighted by molar-refractivity contribution is -0.135. The van der Waals surface area contributed by atoms with Crippen LogP contribution < -0.4 is 10.2 Å². The average molecular weight is 389 g/mol. The number of hydrogen-bond acceptors (Lipinski definition) is 5. The summed E-state index contributed by atoms with van der Waals surface area (Å²) in [6, 6.07) is 11.2. The van der Waals surface area contributed by atoms with Crippen molar-refractivity contribution in [1.29, 1.82) is 0 Å². The van der Waals surface area contributed by atoms with E-state index in [0.717, 1.165) is 37.7 Å². The summed E-state index contributed by atoms with van der Waals surface area (Å²) in [5, 5.41) is 11.9. The number of halogens is 1. The highest BCUT2D eigenvalue weighted by Crippen LogP contribution is 2.20. The normalized spacial score (nSPS) is 14.8. The number of rotatable bonds is 6. The molecule has 1 saturated heterocycles. The molecular formula is C19H21ClN4O3. The molecule has 1 aliphatic heterocycles. The van der Waals surface area contributed by atoms with Crippen LogP contribution in [-0.2, 0) is 11.3 Å². The van der Waals surface area contributed by atoms with E-state index in [1.54, 1.807) is 18.3 Å². The highest BCUT2D eigenvalue weighted by atomic mass is 35.5. The van der Waals surface area contributed by atoms with Crippen LogP contribution in [0.4, 0.5) is 5.82 Å². The number of aliphatic carboxylic acids is 1. The second kappa shape index (κ2) is 8.83. The molecule has 3 rings (SSSR count). The van der Waals surface area contributed by atoms with Crippen LogP contribution in [0, 0.1) is 0 Å². The van der Waals surface area contributed by atoms with Gasteiger partial charge in [-0.3, -0.25) is 14.5 Å². The molecule has 1 fully saturated rings. The number of benzene rings is 1. The van der Waals surface area contributed by atoms with Crippen molar-refractivity contribution in [3.63, 3.8) is 0 Å². The number of nitrogens with zero attached hydrogens (tertiary/aromatic N) is 3. The minimum absolute atomic E-state index is 0.391. The third-order valence-corrected chi connectivity index (χ3v) is 4.63. The number of carboxylic acid groups (broad SMARTS) is 1. The third kappa shape index (κ3) is 5.18. The molecule has 0 unspecified atom stereocenters. The van der Waals surface area contributed by atoms with E-state index in [-0.39, 0.29) is 0 Å². The Balaban J connectivity index is 1.62. The fourth-order valence-electron chi connectivity index (χ4n) is 3.09. The van der Waals surface area contributed by atoms with Crippen LogP contribution in [0.15, 0.2) is 42.6 Å². The van der Waals surface area contributed by atoms with Crippen molar-refractivity contribution in [3.8, 4) is 0 Å². The first-order valence-electron chi connectivity index (χ1n) is 8.69. The number of nitrogens with one attached hydrogen (secondary N) is 1. The van der Waals surface area contributed by atoms with Gasteiger partial charge in [0.25, 0.3) is 5.91 Å². The number of carbonyl (C=O) groups is 2. The minimum Gasteiger partial charge on any atom is -0.480 e. The number of piperazine rings is 1. The molecule has 1 aromatic carbocycles. The van der Waals surface area contributed by atoms with Gasteiger partial charge in [0, 0.05) is 43.9 Å². The van der Waals surface area contributed by atoms with Gasteiger partial charge in [-0.1, -0.05) is 23.7 Å². The van der Waals surface area contributed by atoms with Gasteiger partial charge in [0.1, 0.15) is 12.4 Å². The monoisotopic (exact) mass is 388 g/mol. The van der Waals surface area contributed by atoms with Gasteiger partial charge in [0.05, 0.1) is 5.56 Å². The summed E-state index contributed by atoms with van der Waals surface area (Å²) in [5.74, 6) is -0.923. The van der Waals surface area contributed by atoms with Crippen LogP contribution in [0.5, 0.6) is 0 Å². The molecule has 0 bridgehead atoms. The van der Waals surface area contributed by atoms with Gasteiger partial charge in [-0.05, 0) is 29.8 Å². The Morgan fingerprint density at radius 1 is 1.15 bits per heavy atom. The first-order valence-corrected chi connectivity index (χ1v) is 9.07. The molecule has 27 heavy (non-hydrogen) atoms. The van der Waals surface area contributed by atoms with E-state index in [1.165, 1.54) is 5.56 Å². The largest absolute Gasteiger partial charge is 0.480 e. The molecule has 2 N–H and O–H groups in total. The second-order valence-electron chi connectivity index (χ2n) is 6.34. The van der Waals surface area contributed by atoms with Crippen molar-refractivity contribution in [2.75, 3.05) is 37.6 Å². The first kappa shape index (κ1) is 19.1. The van der Waals surface area contributed by atoms with Crippen molar-refractivity contribution < 1.29 is 14.7 Å². The third-order valence-electron chi connectivity index (χ3n) is 4.40. The Kier molecular flexibility index (Phi) is 6.26. The van der Waals surface area contributed by atoms with Crippen molar-refractivity contribution in [2.24, 2.45) is 0 Å². The Morgan fingerprint density at radius 3 is 2.63 bits per heavy atom. The highest BCUT2D eigenvalue weighted by Gasteiger charge is 2.22. The van der Waals surface area contributed by atoms with E-state index < -0.39 is 18.4 Å². The zero-order valence-electron chi connectivity index (χ0n) is 14.8. The van der Waals surface area contributed by atoms with Gasteiger partial charge < -0.3 is 15.3 Å². The predicted molar refractivity (Wildman–Crippen MR) is 103 cm³/mol. The molecular weight excluding hydrogens is 368 g/mol. The van der Waals surface area contributed by atoms with E-state index in [1.807, 2.05) is 18.2 Å². The lowest BCUT2D eigenvalue weighted by atomic mass is 10.1. The van der Waals surface area contributed by atoms with Gasteiger partial charge >= 0.3 is 5.97 Å². The Hall–Kier alpha value is -2.64. The maximum absolute atomic E-state index is 12.3. The summed E-state index contributed by atoms with van der Waals surface area (Å²) in [5.41, 5.74) is 1.56. The molecule has 8 heteroatoms. The van der Waals surface area contributed by atoms with E-state index in [0.29, 0.717) is 11.4 Å². The average Bonchev–Trinajstić information content (AvgIpc) is 2.67. The highest BCUT2D eigenvalue weighted by molar-refractivity contribution is 6.30. The molecule has 7 nitrogen and oxygen atoms in total. The molecule has 0 atom stereocenters. The number of aromatic nitrogens is 1. The zero-order chi connectivity index (χ0) is 19.2. The number of carbonyl (C=O) groups excluding carboxylic acids is 1. The quantitative estimate of drug-likeness (QED) is 0.785. The van der Waals surface area contributed by atoms with Crippen molar-refractivity contribution in [3.05, 3.63) is 58.7 Å². The molecule has 0 spiro atoms. The smallest absolute Gasteiger partial charge is 0.322 e. The number of amides is 1. The Morgan fingerprint density at radius 2 is 1.93 bits per heavy atom. The minimum atomic E-state index is -1.08. The van der Waals surface area contributed by atoms with Gasteiger partial charge in [-0.2, -0.15) is 0 Å². The van der Waals surface area contributed by atoms with Crippen LogP contribution in [-0.4, -0.2) is 59.6 Å². The molecule has 0 saturated carbocycles. The summed E-state index contributed by atoms with van der Waals surface area (Å²) in [7, 11) is 0. The summed E-state index contributed by atoms with van der Waals surface area (Å²) in [6.07, 6.45) is 1.64. The van der Waals surface area contributed by atoms with Crippen molar-refractivity contribution in [2.45, 2.75) is 6.54 Å². The predicted octanol–water partition coefficient (Wildman–Crippen LogP) is 1.87. The lowest BCUT2D eigenvalue weighted by Gasteiger charge is -2.36. The molecule has 1 amide bonds. The Labute approximate surface area is 162 Å². The second-order valence-corrected chi connectivity index (χ2v) is 6.78. The van der Waals surface area contributed by atoms with Gasteiger partial charge in [0.15, 0.2) is 0 Å². The van der Waals surface area contributed by atoms with Crippen LogP contribution in [0.3, 0.4) is 0 Å². The number of pyridine rings is 1. The fourth-order valence-corrected chi connectivity index (χ4v) is 3.30. The molecule has 0 aliphatic carbocycles. The van der Waals surface area contributed by atoms with Gasteiger partial charge in [-0.15, -0.1) is 0 Å². The topological polar surface area (TPSA) is 85.8 Å². The molecule has 0 radical (unpaired) electrons. The fraction of sp³-hybridized carbons (Fsp3) is 0.316. The van der Waals surface area contributed by atoms with Crippen LogP contribution in [0.2, 0.25) is 5.02 Å². The molecule has 1 aliphatic rings. The molecule has 2 heterocycles. The Bertz CT molecular complexity index is 822. The van der Waals surface area contributed by atoms with Crippen LogP contribution in [0.25, 0.3) is 0 Å². The summed E-state index contributed by atoms with van der Waals surface area (Å²) in [4.78, 5) is 31.7. The molecule has 1 aromatic heterocycles. The van der Waals surface area contributed by atoms with Crippen LogP contribution in [0.1, 0.15) is 15.9 Å². The maximum Gasteiger partial charge on any atom is 0.322 e. The SMILES string of the molecule is O=C(O)CNC(=O)c1cccnc1N1CCN(Cc2cccc(Cl)c2)CC1. The van der Waals surface area contributed by atoms with Gasteiger partial charge in [-0.25, -0.2) is 4.98 Å². The zero-order valence-corrected chi connectivity index (χ0v) is 15.5. The van der Waals surface area contributed by atoms with Crippen molar-refractivity contribution in [1.82, 2.24) is 15.2 Å². The number of hydrogen-bond donors (Lipinski definition) is 2.